The normalized spacial score (nSPS) is 10.5. The monoisotopic (exact) mass is 187 g/mol. The van der Waals surface area contributed by atoms with Crippen molar-refractivity contribution in [2.24, 2.45) is 5.84 Å². The number of hydrogen-bond acceptors (Lipinski definition) is 3. The first kappa shape index (κ1) is 8.97. The Morgan fingerprint density at radius 1 is 1.14 bits per heavy atom. The molecular weight excluding hydrogens is 174 g/mol. The maximum Gasteiger partial charge on any atom is 0.143 e. The van der Waals surface area contributed by atoms with E-state index in [1.54, 1.807) is 0 Å². The van der Waals surface area contributed by atoms with Crippen LogP contribution in [0.15, 0.2) is 24.3 Å². The van der Waals surface area contributed by atoms with Gasteiger partial charge >= 0.3 is 0 Å². The number of anilines is 1. The first-order valence-electron chi connectivity index (χ1n) is 4.56. The molecule has 1 aromatic carbocycles. The average molecular weight is 187 g/mol. The zero-order valence-corrected chi connectivity index (χ0v) is 8.33. The number of aromatic nitrogens is 1. The van der Waals surface area contributed by atoms with Crippen molar-refractivity contribution in [1.29, 1.82) is 0 Å². The second-order valence-electron chi connectivity index (χ2n) is 3.37. The Balaban J connectivity index is 2.85. The largest absolute Gasteiger partial charge is 0.308 e. The number of nitrogen functional groups attached to an aromatic ring is 1. The molecule has 1 aromatic heterocycles. The maximum atomic E-state index is 5.40. The number of nitrogens with zero attached hydrogens (tertiary/aromatic N) is 1. The van der Waals surface area contributed by atoms with Crippen LogP contribution < -0.4 is 11.3 Å². The Bertz CT molecular complexity index is 477. The molecule has 0 unspecified atom stereocenters. The number of pyridine rings is 1. The number of hydrogen-bond donors (Lipinski definition) is 2. The van der Waals surface area contributed by atoms with E-state index in [0.29, 0.717) is 0 Å². The van der Waals surface area contributed by atoms with Crippen LogP contribution in [-0.2, 0) is 0 Å². The number of nitrogens with two attached hydrogens (primary N) is 1. The molecular formula is C11H13N3. The molecule has 3 heteroatoms. The Morgan fingerprint density at radius 3 is 2.57 bits per heavy atom. The van der Waals surface area contributed by atoms with Gasteiger partial charge in [-0.05, 0) is 31.0 Å². The van der Waals surface area contributed by atoms with Gasteiger partial charge in [0.05, 0.1) is 5.52 Å². The highest BCUT2D eigenvalue weighted by Crippen LogP contribution is 2.24. The van der Waals surface area contributed by atoms with E-state index in [1.165, 1.54) is 10.9 Å². The summed E-state index contributed by atoms with van der Waals surface area (Å²) in [6, 6.07) is 8.06. The molecule has 3 N–H and O–H groups in total. The first-order valence-corrected chi connectivity index (χ1v) is 4.56. The van der Waals surface area contributed by atoms with Crippen molar-refractivity contribution in [3.8, 4) is 0 Å². The van der Waals surface area contributed by atoms with Crippen LogP contribution in [-0.4, -0.2) is 4.98 Å². The number of benzene rings is 1. The third-order valence-electron chi connectivity index (χ3n) is 2.59. The van der Waals surface area contributed by atoms with Crippen molar-refractivity contribution in [1.82, 2.24) is 4.98 Å². The molecule has 72 valence electrons. The highest BCUT2D eigenvalue weighted by Gasteiger charge is 2.06. The van der Waals surface area contributed by atoms with Crippen LogP contribution in [0.3, 0.4) is 0 Å². The molecule has 0 atom stereocenters. The van der Waals surface area contributed by atoms with Crippen LogP contribution in [0.4, 0.5) is 5.82 Å². The molecule has 2 aromatic rings. The summed E-state index contributed by atoms with van der Waals surface area (Å²) in [5, 5.41) is 1.18. The second-order valence-corrected chi connectivity index (χ2v) is 3.37. The van der Waals surface area contributed by atoms with Crippen LogP contribution >= 0.6 is 0 Å². The molecule has 0 aliphatic heterocycles. The fourth-order valence-electron chi connectivity index (χ4n) is 1.61. The van der Waals surface area contributed by atoms with Gasteiger partial charge in [-0.2, -0.15) is 0 Å². The molecule has 0 aliphatic rings. The van der Waals surface area contributed by atoms with Crippen molar-refractivity contribution in [3.63, 3.8) is 0 Å². The van der Waals surface area contributed by atoms with Gasteiger partial charge in [0.1, 0.15) is 5.82 Å². The van der Waals surface area contributed by atoms with E-state index in [1.807, 2.05) is 25.1 Å². The van der Waals surface area contributed by atoms with Gasteiger partial charge in [0.15, 0.2) is 0 Å². The molecule has 0 amide bonds. The molecule has 1 heterocycles. The lowest BCUT2D eigenvalue weighted by atomic mass is 10.1. The van der Waals surface area contributed by atoms with Crippen LogP contribution in [0.5, 0.6) is 0 Å². The van der Waals surface area contributed by atoms with Crippen molar-refractivity contribution in [2.75, 3.05) is 5.43 Å². The second kappa shape index (κ2) is 3.27. The Hall–Kier alpha value is -1.61. The summed E-state index contributed by atoms with van der Waals surface area (Å²) in [6.45, 7) is 4.10. The van der Waals surface area contributed by atoms with E-state index >= 15 is 0 Å². The third kappa shape index (κ3) is 1.22. The third-order valence-corrected chi connectivity index (χ3v) is 2.59. The topological polar surface area (TPSA) is 50.9 Å². The summed E-state index contributed by atoms with van der Waals surface area (Å²) in [5.41, 5.74) is 5.92. The minimum absolute atomic E-state index is 0.751. The quantitative estimate of drug-likeness (QED) is 0.531. The Labute approximate surface area is 82.9 Å². The highest BCUT2D eigenvalue weighted by molar-refractivity contribution is 5.85. The van der Waals surface area contributed by atoms with Gasteiger partial charge in [0.25, 0.3) is 0 Å². The van der Waals surface area contributed by atoms with E-state index in [2.05, 4.69) is 23.4 Å². The molecule has 0 bridgehead atoms. The van der Waals surface area contributed by atoms with E-state index < -0.39 is 0 Å². The molecule has 0 saturated heterocycles. The number of nitrogens with one attached hydrogen (secondary N) is 1. The molecule has 0 spiro atoms. The number of hydrazine groups is 1. The molecule has 0 saturated carbocycles. The molecule has 0 radical (unpaired) electrons. The van der Waals surface area contributed by atoms with Gasteiger partial charge < -0.3 is 5.43 Å². The molecule has 3 nitrogen and oxygen atoms in total. The summed E-state index contributed by atoms with van der Waals surface area (Å²) in [6.07, 6.45) is 0. The highest BCUT2D eigenvalue weighted by atomic mass is 15.2. The van der Waals surface area contributed by atoms with Crippen LogP contribution in [0.25, 0.3) is 10.9 Å². The van der Waals surface area contributed by atoms with Gasteiger partial charge in [-0.25, -0.2) is 10.8 Å². The summed E-state index contributed by atoms with van der Waals surface area (Å²) < 4.78 is 0. The maximum absolute atomic E-state index is 5.40. The molecule has 0 fully saturated rings. The van der Waals surface area contributed by atoms with Gasteiger partial charge in [-0.15, -0.1) is 0 Å². The summed E-state index contributed by atoms with van der Waals surface area (Å²) >= 11 is 0. The lowest BCUT2D eigenvalue weighted by Gasteiger charge is -2.10. The van der Waals surface area contributed by atoms with Crippen molar-refractivity contribution < 1.29 is 0 Å². The summed E-state index contributed by atoms with van der Waals surface area (Å²) in [7, 11) is 0. The van der Waals surface area contributed by atoms with Crippen LogP contribution in [0, 0.1) is 13.8 Å². The number of para-hydroxylation sites is 1. The van der Waals surface area contributed by atoms with Crippen LogP contribution in [0.2, 0.25) is 0 Å². The first-order chi connectivity index (χ1) is 6.74. The van der Waals surface area contributed by atoms with Gasteiger partial charge in [0, 0.05) is 5.39 Å². The zero-order valence-electron chi connectivity index (χ0n) is 8.33. The summed E-state index contributed by atoms with van der Waals surface area (Å²) in [5.74, 6) is 6.15. The smallest absolute Gasteiger partial charge is 0.143 e. The van der Waals surface area contributed by atoms with E-state index in [4.69, 9.17) is 5.84 Å². The zero-order chi connectivity index (χ0) is 10.1. The van der Waals surface area contributed by atoms with Gasteiger partial charge in [-0.1, -0.05) is 18.2 Å². The minimum atomic E-state index is 0.751. The SMILES string of the molecule is Cc1c(NN)nc2ccccc2c1C. The number of aryl methyl sites for hydroxylation is 1. The van der Waals surface area contributed by atoms with Crippen molar-refractivity contribution in [2.45, 2.75) is 13.8 Å². The Kier molecular flexibility index (Phi) is 2.09. The number of rotatable bonds is 1. The Morgan fingerprint density at radius 2 is 1.86 bits per heavy atom. The lowest BCUT2D eigenvalue weighted by molar-refractivity contribution is 1.20. The predicted octanol–water partition coefficient (Wildman–Crippen LogP) is 2.14. The van der Waals surface area contributed by atoms with E-state index in [0.717, 1.165) is 16.9 Å². The minimum Gasteiger partial charge on any atom is -0.308 e. The van der Waals surface area contributed by atoms with Crippen molar-refractivity contribution >= 4 is 16.7 Å². The standard InChI is InChI=1S/C11H13N3/c1-7-8(2)11(14-12)13-10-6-4-3-5-9(7)10/h3-6H,12H2,1-2H3,(H,13,14). The van der Waals surface area contributed by atoms with Crippen molar-refractivity contribution in [3.05, 3.63) is 35.4 Å². The lowest BCUT2D eigenvalue weighted by Crippen LogP contribution is -2.11. The van der Waals surface area contributed by atoms with Gasteiger partial charge in [-0.3, -0.25) is 0 Å². The van der Waals surface area contributed by atoms with E-state index in [-0.39, 0.29) is 0 Å². The fourth-order valence-corrected chi connectivity index (χ4v) is 1.61. The molecule has 2 rings (SSSR count). The molecule has 0 aliphatic carbocycles. The molecule has 14 heavy (non-hydrogen) atoms. The fraction of sp³-hybridized carbons (Fsp3) is 0.182. The average Bonchev–Trinajstić information content (AvgIpc) is 2.23. The summed E-state index contributed by atoms with van der Waals surface area (Å²) in [4.78, 5) is 4.42. The van der Waals surface area contributed by atoms with Crippen LogP contribution in [0.1, 0.15) is 11.1 Å². The van der Waals surface area contributed by atoms with Gasteiger partial charge in [0.2, 0.25) is 0 Å². The predicted molar refractivity (Wildman–Crippen MR) is 59.0 cm³/mol. The van der Waals surface area contributed by atoms with E-state index in [9.17, 15) is 0 Å². The number of fused-ring (bicyclic) bond motifs is 1.